The van der Waals surface area contributed by atoms with Crippen LogP contribution < -0.4 is 10.2 Å². The maximum absolute atomic E-state index is 12.6. The van der Waals surface area contributed by atoms with E-state index in [9.17, 15) is 9.59 Å². The van der Waals surface area contributed by atoms with E-state index in [-0.39, 0.29) is 18.5 Å². The molecule has 0 saturated carbocycles. The summed E-state index contributed by atoms with van der Waals surface area (Å²) >= 11 is 0. The third-order valence-electron chi connectivity index (χ3n) is 5.45. The van der Waals surface area contributed by atoms with Gasteiger partial charge in [0.25, 0.3) is 0 Å². The summed E-state index contributed by atoms with van der Waals surface area (Å²) in [5.74, 6) is 0.398. The normalized spacial score (nSPS) is 17.4. The Morgan fingerprint density at radius 2 is 1.93 bits per heavy atom. The zero-order valence-corrected chi connectivity index (χ0v) is 16.5. The molecule has 0 unspecified atom stereocenters. The second-order valence-electron chi connectivity index (χ2n) is 7.81. The van der Waals surface area contributed by atoms with Gasteiger partial charge in [-0.2, -0.15) is 0 Å². The molecule has 3 rings (SSSR count). The first-order valence-corrected chi connectivity index (χ1v) is 10.2. The van der Waals surface area contributed by atoms with Gasteiger partial charge < -0.3 is 10.2 Å². The first-order chi connectivity index (χ1) is 13.0. The minimum Gasteiger partial charge on any atom is -0.354 e. The molecule has 0 atom stereocenters. The van der Waals surface area contributed by atoms with Crippen LogP contribution in [0.5, 0.6) is 0 Å². The zero-order valence-electron chi connectivity index (χ0n) is 16.5. The Kier molecular flexibility index (Phi) is 6.54. The van der Waals surface area contributed by atoms with Gasteiger partial charge in [0.05, 0.1) is 0 Å². The predicted octanol–water partition coefficient (Wildman–Crippen LogP) is 4.06. The van der Waals surface area contributed by atoms with Crippen molar-refractivity contribution in [1.82, 2.24) is 10.2 Å². The van der Waals surface area contributed by atoms with E-state index in [0.29, 0.717) is 25.6 Å². The van der Waals surface area contributed by atoms with E-state index in [1.54, 1.807) is 9.80 Å². The van der Waals surface area contributed by atoms with Crippen LogP contribution in [-0.4, -0.2) is 43.0 Å². The Labute approximate surface area is 162 Å². The number of benzene rings is 1. The Balaban J connectivity index is 1.46. The molecule has 5 heteroatoms. The molecule has 1 aliphatic carbocycles. The molecule has 146 valence electrons. The number of nitrogens with one attached hydrogen (secondary N) is 1. The van der Waals surface area contributed by atoms with Crippen molar-refractivity contribution in [2.24, 2.45) is 0 Å². The summed E-state index contributed by atoms with van der Waals surface area (Å²) < 4.78 is 0. The molecule has 2 aliphatic rings. The topological polar surface area (TPSA) is 52.6 Å². The molecule has 0 radical (unpaired) electrons. The Bertz CT molecular complexity index is 694. The maximum Gasteiger partial charge on any atom is 0.325 e. The van der Waals surface area contributed by atoms with Gasteiger partial charge in [0.1, 0.15) is 6.54 Å². The molecule has 3 amide bonds. The molecule has 1 heterocycles. The van der Waals surface area contributed by atoms with Crippen molar-refractivity contribution in [2.75, 3.05) is 31.1 Å². The zero-order chi connectivity index (χ0) is 19.2. The van der Waals surface area contributed by atoms with Gasteiger partial charge in [-0.3, -0.25) is 9.69 Å². The Morgan fingerprint density at radius 1 is 1.15 bits per heavy atom. The fraction of sp³-hybridized carbons (Fsp3) is 0.545. The number of amides is 3. The van der Waals surface area contributed by atoms with Crippen LogP contribution in [0.25, 0.3) is 0 Å². The van der Waals surface area contributed by atoms with Crippen molar-refractivity contribution in [3.05, 3.63) is 41.5 Å². The number of urea groups is 1. The van der Waals surface area contributed by atoms with Crippen LogP contribution in [-0.2, 0) is 4.79 Å². The second kappa shape index (κ2) is 9.07. The quantitative estimate of drug-likeness (QED) is 0.737. The van der Waals surface area contributed by atoms with Gasteiger partial charge in [-0.1, -0.05) is 37.6 Å². The number of carbonyl (C=O) groups is 2. The number of allylic oxidation sites excluding steroid dienone is 1. The largest absolute Gasteiger partial charge is 0.354 e. The van der Waals surface area contributed by atoms with Crippen LogP contribution in [0.2, 0.25) is 0 Å². The fourth-order valence-corrected chi connectivity index (χ4v) is 3.73. The molecule has 1 fully saturated rings. The number of hydrogen-bond donors (Lipinski definition) is 1. The molecule has 0 bridgehead atoms. The summed E-state index contributed by atoms with van der Waals surface area (Å²) in [5, 5.41) is 2.96. The molecule has 0 spiro atoms. The van der Waals surface area contributed by atoms with Gasteiger partial charge in [0.15, 0.2) is 0 Å². The van der Waals surface area contributed by atoms with Crippen LogP contribution in [0.3, 0.4) is 0 Å². The molecule has 1 aromatic rings. The van der Waals surface area contributed by atoms with E-state index in [1.165, 1.54) is 30.4 Å². The van der Waals surface area contributed by atoms with Gasteiger partial charge in [0.2, 0.25) is 5.91 Å². The van der Waals surface area contributed by atoms with Crippen molar-refractivity contribution in [2.45, 2.75) is 51.9 Å². The van der Waals surface area contributed by atoms with Crippen LogP contribution in [0.15, 0.2) is 35.9 Å². The van der Waals surface area contributed by atoms with Crippen molar-refractivity contribution >= 4 is 17.6 Å². The molecule has 1 N–H and O–H groups in total. The van der Waals surface area contributed by atoms with Gasteiger partial charge in [-0.25, -0.2) is 4.79 Å². The van der Waals surface area contributed by atoms with Crippen molar-refractivity contribution < 1.29 is 9.59 Å². The second-order valence-corrected chi connectivity index (χ2v) is 7.81. The highest BCUT2D eigenvalue weighted by Crippen LogP contribution is 2.23. The number of anilines is 1. The average molecular weight is 370 g/mol. The predicted molar refractivity (Wildman–Crippen MR) is 109 cm³/mol. The van der Waals surface area contributed by atoms with Crippen molar-refractivity contribution in [1.29, 1.82) is 0 Å². The minimum atomic E-state index is -0.0857. The summed E-state index contributed by atoms with van der Waals surface area (Å²) in [7, 11) is 0. The number of carbonyl (C=O) groups excluding carboxylic acids is 2. The number of nitrogens with zero attached hydrogens (tertiary/aromatic N) is 2. The van der Waals surface area contributed by atoms with Crippen LogP contribution in [0.1, 0.15) is 57.4 Å². The molecule has 5 nitrogen and oxygen atoms in total. The Hall–Kier alpha value is -2.30. The van der Waals surface area contributed by atoms with E-state index in [2.05, 4.69) is 37.4 Å². The third-order valence-corrected chi connectivity index (χ3v) is 5.45. The summed E-state index contributed by atoms with van der Waals surface area (Å²) in [6.45, 7) is 6.32. The van der Waals surface area contributed by atoms with Crippen molar-refractivity contribution in [3.63, 3.8) is 0 Å². The van der Waals surface area contributed by atoms with Crippen LogP contribution in [0.4, 0.5) is 10.5 Å². The average Bonchev–Trinajstić information content (AvgIpc) is 3.03. The molecular formula is C22H31N3O2. The molecule has 1 aromatic carbocycles. The molecule has 27 heavy (non-hydrogen) atoms. The summed E-state index contributed by atoms with van der Waals surface area (Å²) in [5.41, 5.74) is 3.61. The number of hydrogen-bond acceptors (Lipinski definition) is 2. The SMILES string of the molecule is CC(C)c1ccc(N2CCN(CC(=O)NCCC3=CCCCC3)C2=O)cc1. The fourth-order valence-electron chi connectivity index (χ4n) is 3.73. The highest BCUT2D eigenvalue weighted by Gasteiger charge is 2.30. The van der Waals surface area contributed by atoms with Gasteiger partial charge >= 0.3 is 6.03 Å². The van der Waals surface area contributed by atoms with Gasteiger partial charge in [-0.05, 0) is 55.7 Å². The van der Waals surface area contributed by atoms with Crippen LogP contribution in [0, 0.1) is 0 Å². The smallest absolute Gasteiger partial charge is 0.325 e. The standard InChI is InChI=1S/C22H31N3O2/c1-17(2)19-8-10-20(11-9-19)25-15-14-24(22(25)27)16-21(26)23-13-12-18-6-4-3-5-7-18/h6,8-11,17H,3-5,7,12-16H2,1-2H3,(H,23,26). The number of rotatable bonds is 7. The van der Waals surface area contributed by atoms with E-state index >= 15 is 0 Å². The minimum absolute atomic E-state index is 0.0724. The summed E-state index contributed by atoms with van der Waals surface area (Å²) in [4.78, 5) is 28.2. The lowest BCUT2D eigenvalue weighted by atomic mass is 9.97. The van der Waals surface area contributed by atoms with E-state index in [4.69, 9.17) is 0 Å². The Morgan fingerprint density at radius 3 is 2.59 bits per heavy atom. The van der Waals surface area contributed by atoms with Gasteiger partial charge in [0, 0.05) is 25.3 Å². The van der Waals surface area contributed by atoms with E-state index in [0.717, 1.165) is 18.5 Å². The van der Waals surface area contributed by atoms with E-state index in [1.807, 2.05) is 12.1 Å². The molecule has 0 aromatic heterocycles. The lowest BCUT2D eigenvalue weighted by Gasteiger charge is -2.19. The first-order valence-electron chi connectivity index (χ1n) is 10.2. The van der Waals surface area contributed by atoms with Gasteiger partial charge in [-0.15, -0.1) is 0 Å². The highest BCUT2D eigenvalue weighted by molar-refractivity contribution is 5.96. The summed E-state index contributed by atoms with van der Waals surface area (Å²) in [6.07, 6.45) is 8.10. The van der Waals surface area contributed by atoms with Crippen LogP contribution >= 0.6 is 0 Å². The third kappa shape index (κ3) is 5.12. The molecule has 1 saturated heterocycles. The highest BCUT2D eigenvalue weighted by atomic mass is 16.2. The summed E-state index contributed by atoms with van der Waals surface area (Å²) in [6, 6.07) is 8.05. The first kappa shape index (κ1) is 19.5. The monoisotopic (exact) mass is 369 g/mol. The lowest BCUT2D eigenvalue weighted by Crippen LogP contribution is -2.40. The molecule has 1 aliphatic heterocycles. The lowest BCUT2D eigenvalue weighted by molar-refractivity contribution is -0.121. The van der Waals surface area contributed by atoms with E-state index < -0.39 is 0 Å². The van der Waals surface area contributed by atoms with Crippen molar-refractivity contribution in [3.8, 4) is 0 Å². The molecular weight excluding hydrogens is 338 g/mol. The maximum atomic E-state index is 12.6.